The zero-order valence-corrected chi connectivity index (χ0v) is 9.89. The van der Waals surface area contributed by atoms with E-state index in [1.54, 1.807) is 6.92 Å². The van der Waals surface area contributed by atoms with Gasteiger partial charge in [-0.05, 0) is 19.1 Å². The Labute approximate surface area is 101 Å². The Hall–Kier alpha value is -1.58. The summed E-state index contributed by atoms with van der Waals surface area (Å²) in [6.07, 6.45) is -0.335. The van der Waals surface area contributed by atoms with Gasteiger partial charge in [0, 0.05) is 12.1 Å². The summed E-state index contributed by atoms with van der Waals surface area (Å²) >= 11 is 0. The van der Waals surface area contributed by atoms with E-state index in [0.717, 1.165) is 17.1 Å². The Kier molecular flexibility index (Phi) is 3.96. The van der Waals surface area contributed by atoms with Gasteiger partial charge in [-0.15, -0.1) is 0 Å². The van der Waals surface area contributed by atoms with Crippen LogP contribution in [-0.4, -0.2) is 17.8 Å². The first-order valence-electron chi connectivity index (χ1n) is 5.78. The van der Waals surface area contributed by atoms with Crippen LogP contribution in [0, 0.1) is 0 Å². The molecule has 2 N–H and O–H groups in total. The highest BCUT2D eigenvalue weighted by Gasteiger charge is 2.04. The highest BCUT2D eigenvalue weighted by molar-refractivity contribution is 5.57. The molecule has 0 fully saturated rings. The molecule has 0 amide bonds. The summed E-state index contributed by atoms with van der Waals surface area (Å²) in [6, 6.07) is 13.9. The van der Waals surface area contributed by atoms with Gasteiger partial charge in [-0.3, -0.25) is 0 Å². The largest absolute Gasteiger partial charge is 0.460 e. The molecule has 0 aliphatic rings. The number of rotatable bonds is 5. The summed E-state index contributed by atoms with van der Waals surface area (Å²) < 4.78 is 5.71. The van der Waals surface area contributed by atoms with Crippen LogP contribution < -0.4 is 5.32 Å². The summed E-state index contributed by atoms with van der Waals surface area (Å²) in [5.74, 6) is 1.75. The minimum absolute atomic E-state index is 0.335. The lowest BCUT2D eigenvalue weighted by Gasteiger charge is -2.04. The molecule has 17 heavy (non-hydrogen) atoms. The van der Waals surface area contributed by atoms with E-state index in [4.69, 9.17) is 9.52 Å². The number of hydrogen-bond acceptors (Lipinski definition) is 3. The molecule has 3 heteroatoms. The summed E-state index contributed by atoms with van der Waals surface area (Å²) in [5.41, 5.74) is 1.08. The number of benzene rings is 1. The predicted octanol–water partition coefficient (Wildman–Crippen LogP) is 2.42. The summed E-state index contributed by atoms with van der Waals surface area (Å²) in [5, 5.41) is 12.2. The van der Waals surface area contributed by atoms with Crippen LogP contribution in [0.25, 0.3) is 11.3 Å². The standard InChI is InChI=1S/C14H17NO2/c1-11(16)9-15-10-13-7-8-14(17-13)12-5-3-2-4-6-12/h2-8,11,15-16H,9-10H2,1H3/t11-/m0/s1. The van der Waals surface area contributed by atoms with Crippen molar-refractivity contribution in [3.05, 3.63) is 48.2 Å². The van der Waals surface area contributed by atoms with E-state index in [-0.39, 0.29) is 6.10 Å². The zero-order valence-electron chi connectivity index (χ0n) is 9.89. The Balaban J connectivity index is 1.97. The number of furan rings is 1. The van der Waals surface area contributed by atoms with Gasteiger partial charge < -0.3 is 14.8 Å². The van der Waals surface area contributed by atoms with Crippen molar-refractivity contribution in [1.29, 1.82) is 0 Å². The number of aliphatic hydroxyl groups is 1. The van der Waals surface area contributed by atoms with E-state index in [0.29, 0.717) is 13.1 Å². The van der Waals surface area contributed by atoms with Crippen LogP contribution in [0.3, 0.4) is 0 Å². The molecule has 0 spiro atoms. The molecule has 0 saturated heterocycles. The van der Waals surface area contributed by atoms with Crippen LogP contribution in [-0.2, 0) is 6.54 Å². The van der Waals surface area contributed by atoms with Gasteiger partial charge in [-0.1, -0.05) is 30.3 Å². The highest BCUT2D eigenvalue weighted by Crippen LogP contribution is 2.21. The third kappa shape index (κ3) is 3.44. The maximum atomic E-state index is 9.12. The predicted molar refractivity (Wildman–Crippen MR) is 67.5 cm³/mol. The van der Waals surface area contributed by atoms with Crippen molar-refractivity contribution >= 4 is 0 Å². The number of hydrogen-bond donors (Lipinski definition) is 2. The van der Waals surface area contributed by atoms with Crippen molar-refractivity contribution in [2.24, 2.45) is 0 Å². The van der Waals surface area contributed by atoms with Gasteiger partial charge >= 0.3 is 0 Å². The summed E-state index contributed by atoms with van der Waals surface area (Å²) in [7, 11) is 0. The lowest BCUT2D eigenvalue weighted by atomic mass is 10.2. The molecule has 0 aliphatic heterocycles. The second kappa shape index (κ2) is 5.66. The highest BCUT2D eigenvalue weighted by atomic mass is 16.3. The molecule has 0 saturated carbocycles. The fourth-order valence-electron chi connectivity index (χ4n) is 1.63. The average Bonchev–Trinajstić information content (AvgIpc) is 2.78. The molecule has 0 unspecified atom stereocenters. The van der Waals surface area contributed by atoms with E-state index in [2.05, 4.69) is 5.32 Å². The first-order valence-corrected chi connectivity index (χ1v) is 5.78. The van der Waals surface area contributed by atoms with Crippen LogP contribution in [0.15, 0.2) is 46.9 Å². The van der Waals surface area contributed by atoms with Gasteiger partial charge in [0.15, 0.2) is 0 Å². The van der Waals surface area contributed by atoms with Gasteiger partial charge in [-0.25, -0.2) is 0 Å². The Morgan fingerprint density at radius 2 is 1.94 bits per heavy atom. The normalized spacial score (nSPS) is 12.6. The lowest BCUT2D eigenvalue weighted by Crippen LogP contribution is -2.23. The topological polar surface area (TPSA) is 45.4 Å². The molecule has 2 aromatic rings. The molecule has 3 nitrogen and oxygen atoms in total. The van der Waals surface area contributed by atoms with Crippen LogP contribution >= 0.6 is 0 Å². The van der Waals surface area contributed by atoms with Crippen LogP contribution in [0.2, 0.25) is 0 Å². The van der Waals surface area contributed by atoms with Gasteiger partial charge in [-0.2, -0.15) is 0 Å². The van der Waals surface area contributed by atoms with E-state index < -0.39 is 0 Å². The van der Waals surface area contributed by atoms with Crippen molar-refractivity contribution in [2.75, 3.05) is 6.54 Å². The maximum absolute atomic E-state index is 9.12. The monoisotopic (exact) mass is 231 g/mol. The fraction of sp³-hybridized carbons (Fsp3) is 0.286. The van der Waals surface area contributed by atoms with E-state index in [1.807, 2.05) is 42.5 Å². The van der Waals surface area contributed by atoms with E-state index in [1.165, 1.54) is 0 Å². The minimum atomic E-state index is -0.335. The average molecular weight is 231 g/mol. The number of aliphatic hydroxyl groups excluding tert-OH is 1. The van der Waals surface area contributed by atoms with Gasteiger partial charge in [0.05, 0.1) is 12.6 Å². The molecule has 0 radical (unpaired) electrons. The lowest BCUT2D eigenvalue weighted by molar-refractivity contribution is 0.190. The Morgan fingerprint density at radius 3 is 2.65 bits per heavy atom. The third-order valence-electron chi connectivity index (χ3n) is 2.46. The van der Waals surface area contributed by atoms with Crippen molar-refractivity contribution in [3.8, 4) is 11.3 Å². The second-order valence-electron chi connectivity index (χ2n) is 4.11. The Morgan fingerprint density at radius 1 is 1.18 bits per heavy atom. The van der Waals surface area contributed by atoms with Crippen LogP contribution in [0.4, 0.5) is 0 Å². The van der Waals surface area contributed by atoms with Crippen LogP contribution in [0.1, 0.15) is 12.7 Å². The molecule has 0 bridgehead atoms. The van der Waals surface area contributed by atoms with Crippen molar-refractivity contribution in [1.82, 2.24) is 5.32 Å². The minimum Gasteiger partial charge on any atom is -0.460 e. The van der Waals surface area contributed by atoms with Gasteiger partial charge in [0.25, 0.3) is 0 Å². The fourth-order valence-corrected chi connectivity index (χ4v) is 1.63. The van der Waals surface area contributed by atoms with Crippen molar-refractivity contribution in [3.63, 3.8) is 0 Å². The molecule has 1 atom stereocenters. The van der Waals surface area contributed by atoms with Gasteiger partial charge in [0.2, 0.25) is 0 Å². The van der Waals surface area contributed by atoms with Gasteiger partial charge in [0.1, 0.15) is 11.5 Å². The second-order valence-corrected chi connectivity index (χ2v) is 4.11. The van der Waals surface area contributed by atoms with Crippen LogP contribution in [0.5, 0.6) is 0 Å². The Bertz CT molecular complexity index is 448. The smallest absolute Gasteiger partial charge is 0.134 e. The molecule has 1 aromatic carbocycles. The molecular weight excluding hydrogens is 214 g/mol. The molecule has 90 valence electrons. The van der Waals surface area contributed by atoms with Crippen molar-refractivity contribution in [2.45, 2.75) is 19.6 Å². The first-order chi connectivity index (χ1) is 8.25. The first kappa shape index (κ1) is 11.9. The maximum Gasteiger partial charge on any atom is 0.134 e. The van der Waals surface area contributed by atoms with E-state index in [9.17, 15) is 0 Å². The quantitative estimate of drug-likeness (QED) is 0.830. The third-order valence-corrected chi connectivity index (χ3v) is 2.46. The summed E-state index contributed by atoms with van der Waals surface area (Å²) in [6.45, 7) is 2.96. The van der Waals surface area contributed by atoms with E-state index >= 15 is 0 Å². The van der Waals surface area contributed by atoms with Crippen molar-refractivity contribution < 1.29 is 9.52 Å². The molecule has 1 aromatic heterocycles. The summed E-state index contributed by atoms with van der Waals surface area (Å²) in [4.78, 5) is 0. The number of nitrogens with one attached hydrogen (secondary N) is 1. The molecule has 0 aliphatic carbocycles. The molecule has 1 heterocycles. The molecule has 2 rings (SSSR count). The molecular formula is C14H17NO2. The zero-order chi connectivity index (χ0) is 12.1. The SMILES string of the molecule is C[C@H](O)CNCc1ccc(-c2ccccc2)o1.